The minimum Gasteiger partial charge on any atom is -0.493 e. The van der Waals surface area contributed by atoms with Gasteiger partial charge in [-0.15, -0.1) is 0 Å². The third kappa shape index (κ3) is 5.64. The fourth-order valence-corrected chi connectivity index (χ4v) is 3.76. The van der Waals surface area contributed by atoms with Crippen LogP contribution >= 0.6 is 11.8 Å². The van der Waals surface area contributed by atoms with Crippen LogP contribution < -0.4 is 14.8 Å². The van der Waals surface area contributed by atoms with E-state index in [1.54, 1.807) is 12.1 Å². The summed E-state index contributed by atoms with van der Waals surface area (Å²) in [6.07, 6.45) is 2.28. The fraction of sp³-hybridized carbons (Fsp3) is 0.227. The molecule has 1 N–H and O–H groups in total. The van der Waals surface area contributed by atoms with Crippen molar-refractivity contribution in [3.05, 3.63) is 58.5 Å². The predicted molar refractivity (Wildman–Crippen MR) is 117 cm³/mol. The lowest BCUT2D eigenvalue weighted by Crippen LogP contribution is -2.36. The van der Waals surface area contributed by atoms with Crippen LogP contribution in [0.1, 0.15) is 18.1 Å². The number of nitrogens with one attached hydrogen (secondary N) is 1. The quantitative estimate of drug-likeness (QED) is 0.580. The number of nitrogens with zero attached hydrogens (tertiary/aromatic N) is 1. The monoisotopic (exact) mass is 462 g/mol. The summed E-state index contributed by atoms with van der Waals surface area (Å²) in [7, 11) is 1.29. The van der Waals surface area contributed by atoms with E-state index in [2.05, 4.69) is 10.1 Å². The first-order valence-corrected chi connectivity index (χ1v) is 10.4. The molecule has 1 aliphatic heterocycles. The van der Waals surface area contributed by atoms with E-state index in [0.29, 0.717) is 23.0 Å². The van der Waals surface area contributed by atoms with Crippen molar-refractivity contribution in [3.8, 4) is 11.5 Å². The first kappa shape index (κ1) is 23.3. The van der Waals surface area contributed by atoms with Gasteiger partial charge in [-0.1, -0.05) is 25.1 Å². The molecule has 0 spiro atoms. The SMILES string of the molecule is CCc1ccc(NC(=O)CN2C(=O)S/C(=C\c3ccc(OC(F)F)c(OC)c3)C2=O)cc1. The number of thioether (sulfide) groups is 1. The average Bonchev–Trinajstić information content (AvgIpc) is 3.02. The maximum absolute atomic E-state index is 12.6. The van der Waals surface area contributed by atoms with Gasteiger partial charge in [-0.05, 0) is 59.7 Å². The number of carbonyl (C=O) groups excluding carboxylic acids is 3. The van der Waals surface area contributed by atoms with Crippen LogP contribution in [0.4, 0.5) is 19.3 Å². The molecule has 3 amide bonds. The summed E-state index contributed by atoms with van der Waals surface area (Å²) < 4.78 is 34.3. The number of hydrogen-bond donors (Lipinski definition) is 1. The van der Waals surface area contributed by atoms with Gasteiger partial charge in [0.15, 0.2) is 11.5 Å². The van der Waals surface area contributed by atoms with Crippen LogP contribution in [0.5, 0.6) is 11.5 Å². The molecule has 0 radical (unpaired) electrons. The number of carbonyl (C=O) groups is 3. The maximum Gasteiger partial charge on any atom is 0.387 e. The molecule has 0 atom stereocenters. The maximum atomic E-state index is 12.6. The Morgan fingerprint density at radius 1 is 1.16 bits per heavy atom. The second kappa shape index (κ2) is 10.3. The smallest absolute Gasteiger partial charge is 0.387 e. The van der Waals surface area contributed by atoms with Crippen LogP contribution in [0.3, 0.4) is 0 Å². The zero-order chi connectivity index (χ0) is 23.3. The third-order valence-corrected chi connectivity index (χ3v) is 5.43. The molecule has 1 fully saturated rings. The minimum atomic E-state index is -3.01. The Labute approximate surface area is 187 Å². The van der Waals surface area contributed by atoms with Crippen molar-refractivity contribution in [1.29, 1.82) is 0 Å². The van der Waals surface area contributed by atoms with E-state index in [0.717, 1.165) is 16.9 Å². The van der Waals surface area contributed by atoms with Gasteiger partial charge in [-0.3, -0.25) is 19.3 Å². The largest absolute Gasteiger partial charge is 0.493 e. The Balaban J connectivity index is 1.69. The molecule has 1 aliphatic rings. The summed E-state index contributed by atoms with van der Waals surface area (Å²) in [6, 6.07) is 11.4. The second-order valence-electron chi connectivity index (χ2n) is 6.66. The van der Waals surface area contributed by atoms with Crippen molar-refractivity contribution < 1.29 is 32.6 Å². The number of rotatable bonds is 8. The highest BCUT2D eigenvalue weighted by Crippen LogP contribution is 2.35. The number of halogens is 2. The Morgan fingerprint density at radius 2 is 1.88 bits per heavy atom. The number of amides is 3. The molecular weight excluding hydrogens is 442 g/mol. The minimum absolute atomic E-state index is 0.0479. The van der Waals surface area contributed by atoms with E-state index in [9.17, 15) is 23.2 Å². The number of ether oxygens (including phenoxy) is 2. The first-order chi connectivity index (χ1) is 15.3. The Hall–Kier alpha value is -3.40. The number of alkyl halides is 2. The molecule has 1 heterocycles. The van der Waals surface area contributed by atoms with Gasteiger partial charge in [0.25, 0.3) is 11.1 Å². The van der Waals surface area contributed by atoms with Crippen molar-refractivity contribution >= 4 is 40.6 Å². The molecule has 0 saturated carbocycles. The van der Waals surface area contributed by atoms with E-state index in [4.69, 9.17) is 4.74 Å². The fourth-order valence-electron chi connectivity index (χ4n) is 2.92. The second-order valence-corrected chi connectivity index (χ2v) is 7.65. The highest BCUT2D eigenvalue weighted by Gasteiger charge is 2.36. The van der Waals surface area contributed by atoms with Crippen molar-refractivity contribution in [3.63, 3.8) is 0 Å². The lowest BCUT2D eigenvalue weighted by Gasteiger charge is -2.12. The molecule has 32 heavy (non-hydrogen) atoms. The van der Waals surface area contributed by atoms with Crippen molar-refractivity contribution in [2.75, 3.05) is 19.0 Å². The molecule has 2 aromatic carbocycles. The predicted octanol–water partition coefficient (Wildman–Crippen LogP) is 4.53. The van der Waals surface area contributed by atoms with Gasteiger partial charge in [0.1, 0.15) is 6.54 Å². The molecule has 2 aromatic rings. The Kier molecular flexibility index (Phi) is 7.47. The molecule has 0 bridgehead atoms. The number of hydrogen-bond acceptors (Lipinski definition) is 6. The topological polar surface area (TPSA) is 84.9 Å². The van der Waals surface area contributed by atoms with Crippen LogP contribution in [0.15, 0.2) is 47.4 Å². The van der Waals surface area contributed by atoms with Gasteiger partial charge in [-0.25, -0.2) is 0 Å². The number of anilines is 1. The molecule has 3 rings (SSSR count). The Bertz CT molecular complexity index is 1060. The third-order valence-electron chi connectivity index (χ3n) is 4.52. The zero-order valence-corrected chi connectivity index (χ0v) is 18.1. The molecular formula is C22H20F2N2O5S. The molecule has 7 nitrogen and oxygen atoms in total. The van der Waals surface area contributed by atoms with Crippen LogP contribution in [0, 0.1) is 0 Å². The normalized spacial score (nSPS) is 14.9. The molecule has 0 aliphatic carbocycles. The summed E-state index contributed by atoms with van der Waals surface area (Å²) in [6.45, 7) is -1.42. The summed E-state index contributed by atoms with van der Waals surface area (Å²) in [5, 5.41) is 2.08. The van der Waals surface area contributed by atoms with Crippen LogP contribution in [0.25, 0.3) is 6.08 Å². The lowest BCUT2D eigenvalue weighted by molar-refractivity contribution is -0.127. The van der Waals surface area contributed by atoms with Crippen molar-refractivity contribution in [2.24, 2.45) is 0 Å². The molecule has 0 unspecified atom stereocenters. The number of methoxy groups -OCH3 is 1. The van der Waals surface area contributed by atoms with Crippen LogP contribution in [-0.2, 0) is 16.0 Å². The standard InChI is InChI=1S/C22H20F2N2O5S/c1-3-13-4-7-15(8-5-13)25-19(27)12-26-20(28)18(32-22(26)29)11-14-6-9-16(31-21(23)24)17(10-14)30-2/h4-11,21H,3,12H2,1-2H3,(H,25,27)/b18-11-. The lowest BCUT2D eigenvalue weighted by atomic mass is 10.1. The first-order valence-electron chi connectivity index (χ1n) is 9.57. The number of aryl methyl sites for hydroxylation is 1. The van der Waals surface area contributed by atoms with Gasteiger partial charge in [0, 0.05) is 5.69 Å². The van der Waals surface area contributed by atoms with Crippen LogP contribution in [0.2, 0.25) is 0 Å². The van der Waals surface area contributed by atoms with Crippen molar-refractivity contribution in [2.45, 2.75) is 20.0 Å². The summed E-state index contributed by atoms with van der Waals surface area (Å²) >= 11 is 0.685. The van der Waals surface area contributed by atoms with Crippen molar-refractivity contribution in [1.82, 2.24) is 4.90 Å². The Morgan fingerprint density at radius 3 is 2.50 bits per heavy atom. The molecule has 168 valence electrons. The van der Waals surface area contributed by atoms with E-state index < -0.39 is 30.2 Å². The average molecular weight is 462 g/mol. The zero-order valence-electron chi connectivity index (χ0n) is 17.3. The number of benzene rings is 2. The van der Waals surface area contributed by atoms with Gasteiger partial charge < -0.3 is 14.8 Å². The summed E-state index contributed by atoms with van der Waals surface area (Å²) in [5.41, 5.74) is 2.12. The molecule has 0 aromatic heterocycles. The van der Waals surface area contributed by atoms with Crippen LogP contribution in [-0.4, -0.2) is 42.2 Å². The summed E-state index contributed by atoms with van der Waals surface area (Å²) in [4.78, 5) is 38.2. The van der Waals surface area contributed by atoms with Gasteiger partial charge in [-0.2, -0.15) is 8.78 Å². The van der Waals surface area contributed by atoms with E-state index in [-0.39, 0.29) is 16.4 Å². The highest BCUT2D eigenvalue weighted by atomic mass is 32.2. The molecule has 10 heteroatoms. The molecule has 1 saturated heterocycles. The van der Waals surface area contributed by atoms with E-state index >= 15 is 0 Å². The number of imide groups is 1. The van der Waals surface area contributed by atoms with Gasteiger partial charge >= 0.3 is 6.61 Å². The summed E-state index contributed by atoms with van der Waals surface area (Å²) in [5.74, 6) is -1.24. The van der Waals surface area contributed by atoms with Gasteiger partial charge in [0.2, 0.25) is 5.91 Å². The van der Waals surface area contributed by atoms with Gasteiger partial charge in [0.05, 0.1) is 12.0 Å². The highest BCUT2D eigenvalue weighted by molar-refractivity contribution is 8.18. The van der Waals surface area contributed by atoms with E-state index in [1.807, 2.05) is 19.1 Å². The van der Waals surface area contributed by atoms with E-state index in [1.165, 1.54) is 31.4 Å².